The summed E-state index contributed by atoms with van der Waals surface area (Å²) in [6, 6.07) is 8.35. The molecular weight excluding hydrogens is 282 g/mol. The van der Waals surface area contributed by atoms with Gasteiger partial charge < -0.3 is 11.1 Å². The number of benzene rings is 1. The SMILES string of the molecule is Cc1nc(-c2ccc(CCNC(=O)CCCN)cc2)cs1. The number of carbonyl (C=O) groups is 1. The largest absolute Gasteiger partial charge is 0.356 e. The van der Waals surface area contributed by atoms with E-state index in [-0.39, 0.29) is 5.91 Å². The molecule has 0 spiro atoms. The van der Waals surface area contributed by atoms with Crippen molar-refractivity contribution in [3.63, 3.8) is 0 Å². The third-order valence-electron chi connectivity index (χ3n) is 3.21. The molecule has 2 rings (SSSR count). The lowest BCUT2D eigenvalue weighted by Crippen LogP contribution is -2.25. The van der Waals surface area contributed by atoms with Crippen LogP contribution in [0.3, 0.4) is 0 Å². The van der Waals surface area contributed by atoms with Gasteiger partial charge in [-0.05, 0) is 31.9 Å². The van der Waals surface area contributed by atoms with E-state index >= 15 is 0 Å². The van der Waals surface area contributed by atoms with Crippen LogP contribution in [-0.4, -0.2) is 24.0 Å². The Bertz CT molecular complexity index is 577. The van der Waals surface area contributed by atoms with Crippen LogP contribution in [0.4, 0.5) is 0 Å². The van der Waals surface area contributed by atoms with E-state index in [1.165, 1.54) is 5.56 Å². The molecule has 4 nitrogen and oxygen atoms in total. The Kier molecular flexibility index (Phi) is 5.90. The number of aryl methyl sites for hydroxylation is 1. The molecule has 0 fully saturated rings. The van der Waals surface area contributed by atoms with Gasteiger partial charge in [-0.2, -0.15) is 0 Å². The number of rotatable bonds is 7. The first kappa shape index (κ1) is 15.7. The number of hydrogen-bond acceptors (Lipinski definition) is 4. The number of carbonyl (C=O) groups excluding carboxylic acids is 1. The zero-order valence-corrected chi connectivity index (χ0v) is 13.1. The van der Waals surface area contributed by atoms with Gasteiger partial charge in [0.05, 0.1) is 10.7 Å². The highest BCUT2D eigenvalue weighted by atomic mass is 32.1. The van der Waals surface area contributed by atoms with E-state index in [9.17, 15) is 4.79 Å². The highest BCUT2D eigenvalue weighted by Gasteiger charge is 2.03. The fraction of sp³-hybridized carbons (Fsp3) is 0.375. The van der Waals surface area contributed by atoms with Crippen molar-refractivity contribution in [1.82, 2.24) is 10.3 Å². The van der Waals surface area contributed by atoms with E-state index < -0.39 is 0 Å². The molecule has 0 bridgehead atoms. The monoisotopic (exact) mass is 303 g/mol. The van der Waals surface area contributed by atoms with Crippen LogP contribution in [-0.2, 0) is 11.2 Å². The minimum absolute atomic E-state index is 0.0787. The van der Waals surface area contributed by atoms with Crippen molar-refractivity contribution < 1.29 is 4.79 Å². The lowest BCUT2D eigenvalue weighted by molar-refractivity contribution is -0.121. The zero-order chi connectivity index (χ0) is 15.1. The molecule has 0 aliphatic carbocycles. The smallest absolute Gasteiger partial charge is 0.220 e. The summed E-state index contributed by atoms with van der Waals surface area (Å²) in [5.41, 5.74) is 8.75. The third kappa shape index (κ3) is 4.95. The van der Waals surface area contributed by atoms with E-state index in [2.05, 4.69) is 39.9 Å². The minimum atomic E-state index is 0.0787. The van der Waals surface area contributed by atoms with Crippen LogP contribution in [0.15, 0.2) is 29.6 Å². The summed E-state index contributed by atoms with van der Waals surface area (Å²) in [6.45, 7) is 3.24. The Labute approximate surface area is 129 Å². The number of amides is 1. The van der Waals surface area contributed by atoms with Crippen molar-refractivity contribution in [2.24, 2.45) is 5.73 Å². The van der Waals surface area contributed by atoms with Crippen LogP contribution in [0, 0.1) is 6.92 Å². The van der Waals surface area contributed by atoms with Crippen LogP contribution in [0.2, 0.25) is 0 Å². The molecule has 3 N–H and O–H groups in total. The van der Waals surface area contributed by atoms with Crippen molar-refractivity contribution >= 4 is 17.2 Å². The van der Waals surface area contributed by atoms with E-state index in [0.717, 1.165) is 29.1 Å². The fourth-order valence-corrected chi connectivity index (χ4v) is 2.66. The van der Waals surface area contributed by atoms with Crippen molar-refractivity contribution in [2.75, 3.05) is 13.1 Å². The van der Waals surface area contributed by atoms with E-state index in [0.29, 0.717) is 19.5 Å². The maximum atomic E-state index is 11.5. The number of nitrogens with one attached hydrogen (secondary N) is 1. The highest BCUT2D eigenvalue weighted by Crippen LogP contribution is 2.21. The molecule has 5 heteroatoms. The lowest BCUT2D eigenvalue weighted by atomic mass is 10.1. The topological polar surface area (TPSA) is 68.0 Å². The van der Waals surface area contributed by atoms with E-state index in [4.69, 9.17) is 5.73 Å². The van der Waals surface area contributed by atoms with Crippen molar-refractivity contribution in [3.8, 4) is 11.3 Å². The van der Waals surface area contributed by atoms with Crippen molar-refractivity contribution in [3.05, 3.63) is 40.2 Å². The van der Waals surface area contributed by atoms with Gasteiger partial charge in [-0.1, -0.05) is 24.3 Å². The first-order chi connectivity index (χ1) is 10.2. The maximum Gasteiger partial charge on any atom is 0.220 e. The molecule has 2 aromatic rings. The van der Waals surface area contributed by atoms with Gasteiger partial charge in [0.1, 0.15) is 0 Å². The number of nitrogens with two attached hydrogens (primary N) is 1. The molecule has 1 aromatic heterocycles. The Morgan fingerprint density at radius 2 is 2.10 bits per heavy atom. The molecule has 21 heavy (non-hydrogen) atoms. The standard InChI is InChI=1S/C16H21N3OS/c1-12-19-15(11-21-12)14-6-4-13(5-7-14)8-10-18-16(20)3-2-9-17/h4-7,11H,2-3,8-10,17H2,1H3,(H,18,20). The summed E-state index contributed by atoms with van der Waals surface area (Å²) in [7, 11) is 0. The number of aromatic nitrogens is 1. The van der Waals surface area contributed by atoms with Gasteiger partial charge in [-0.15, -0.1) is 11.3 Å². The summed E-state index contributed by atoms with van der Waals surface area (Å²) < 4.78 is 0. The highest BCUT2D eigenvalue weighted by molar-refractivity contribution is 7.09. The summed E-state index contributed by atoms with van der Waals surface area (Å²) in [6.07, 6.45) is 2.09. The van der Waals surface area contributed by atoms with Crippen molar-refractivity contribution in [2.45, 2.75) is 26.2 Å². The van der Waals surface area contributed by atoms with Gasteiger partial charge in [0.25, 0.3) is 0 Å². The summed E-state index contributed by atoms with van der Waals surface area (Å²) in [5.74, 6) is 0.0787. The summed E-state index contributed by atoms with van der Waals surface area (Å²) in [4.78, 5) is 15.9. The molecule has 1 aromatic carbocycles. The van der Waals surface area contributed by atoms with Crippen LogP contribution >= 0.6 is 11.3 Å². The molecule has 1 amide bonds. The van der Waals surface area contributed by atoms with Crippen LogP contribution in [0.1, 0.15) is 23.4 Å². The lowest BCUT2D eigenvalue weighted by Gasteiger charge is -2.05. The fourth-order valence-electron chi connectivity index (χ4n) is 2.04. The molecule has 0 aliphatic rings. The molecule has 0 saturated carbocycles. The second-order valence-electron chi connectivity index (χ2n) is 4.94. The minimum Gasteiger partial charge on any atom is -0.356 e. The van der Waals surface area contributed by atoms with Gasteiger partial charge in [-0.3, -0.25) is 4.79 Å². The first-order valence-corrected chi connectivity index (χ1v) is 8.05. The molecule has 0 radical (unpaired) electrons. The average Bonchev–Trinajstić information content (AvgIpc) is 2.92. The summed E-state index contributed by atoms with van der Waals surface area (Å²) >= 11 is 1.66. The molecule has 0 aliphatic heterocycles. The second kappa shape index (κ2) is 7.90. The van der Waals surface area contributed by atoms with E-state index in [1.54, 1.807) is 11.3 Å². The predicted octanol–water partition coefficient (Wildman–Crippen LogP) is 2.52. The molecular formula is C16H21N3OS. The number of thiazole rings is 1. The second-order valence-corrected chi connectivity index (χ2v) is 6.00. The Morgan fingerprint density at radius 3 is 2.71 bits per heavy atom. The Balaban J connectivity index is 1.81. The summed E-state index contributed by atoms with van der Waals surface area (Å²) in [5, 5.41) is 6.06. The number of nitrogens with zero attached hydrogens (tertiary/aromatic N) is 1. The molecule has 1 heterocycles. The maximum absolute atomic E-state index is 11.5. The molecule has 0 saturated heterocycles. The molecule has 112 valence electrons. The van der Waals surface area contributed by atoms with Gasteiger partial charge in [0, 0.05) is 23.9 Å². The first-order valence-electron chi connectivity index (χ1n) is 7.17. The van der Waals surface area contributed by atoms with Crippen LogP contribution < -0.4 is 11.1 Å². The Morgan fingerprint density at radius 1 is 1.33 bits per heavy atom. The van der Waals surface area contributed by atoms with Gasteiger partial charge in [-0.25, -0.2) is 4.98 Å². The van der Waals surface area contributed by atoms with Gasteiger partial charge >= 0.3 is 0 Å². The normalized spacial score (nSPS) is 10.6. The van der Waals surface area contributed by atoms with Crippen molar-refractivity contribution in [1.29, 1.82) is 0 Å². The van der Waals surface area contributed by atoms with Crippen LogP contribution in [0.25, 0.3) is 11.3 Å². The average molecular weight is 303 g/mol. The van der Waals surface area contributed by atoms with Gasteiger partial charge in [0.15, 0.2) is 0 Å². The van der Waals surface area contributed by atoms with Gasteiger partial charge in [0.2, 0.25) is 5.91 Å². The molecule has 0 atom stereocenters. The molecule has 0 unspecified atom stereocenters. The Hall–Kier alpha value is -1.72. The number of hydrogen-bond donors (Lipinski definition) is 2. The quantitative estimate of drug-likeness (QED) is 0.826. The van der Waals surface area contributed by atoms with E-state index in [1.807, 2.05) is 6.92 Å². The zero-order valence-electron chi connectivity index (χ0n) is 12.3. The van der Waals surface area contributed by atoms with Crippen LogP contribution in [0.5, 0.6) is 0 Å². The predicted molar refractivity (Wildman–Crippen MR) is 87.3 cm³/mol. The third-order valence-corrected chi connectivity index (χ3v) is 3.99.